The molecule has 0 bridgehead atoms. The molecule has 7 aromatic rings. The summed E-state index contributed by atoms with van der Waals surface area (Å²) in [5.41, 5.74) is 14.4. The molecule has 2 aliphatic carbocycles. The molecule has 242 valence electrons. The van der Waals surface area contributed by atoms with Crippen molar-refractivity contribution in [1.29, 1.82) is 0 Å². The highest BCUT2D eigenvalue weighted by Gasteiger charge is 2.42. The molecule has 0 N–H and O–H groups in total. The van der Waals surface area contributed by atoms with Gasteiger partial charge >= 0.3 is 0 Å². The van der Waals surface area contributed by atoms with Gasteiger partial charge in [-0.05, 0) is 88.6 Å². The molecule has 1 fully saturated rings. The van der Waals surface area contributed by atoms with Crippen LogP contribution < -0.4 is 4.90 Å². The van der Waals surface area contributed by atoms with Gasteiger partial charge in [0.2, 0.25) is 0 Å². The zero-order chi connectivity index (χ0) is 33.0. The molecule has 3 aliphatic rings. The van der Waals surface area contributed by atoms with Gasteiger partial charge in [0.15, 0.2) is 0 Å². The molecule has 1 aromatic heterocycles. The predicted molar refractivity (Wildman–Crippen MR) is 211 cm³/mol. The zero-order valence-corrected chi connectivity index (χ0v) is 28.3. The molecule has 2 unspecified atom stereocenters. The fourth-order valence-corrected chi connectivity index (χ4v) is 9.43. The summed E-state index contributed by atoms with van der Waals surface area (Å²) in [6.45, 7) is 0. The van der Waals surface area contributed by atoms with E-state index in [9.17, 15) is 0 Å². The lowest BCUT2D eigenvalue weighted by Gasteiger charge is -2.39. The molecule has 2 nitrogen and oxygen atoms in total. The van der Waals surface area contributed by atoms with E-state index in [2.05, 4.69) is 173 Å². The molecule has 0 saturated heterocycles. The van der Waals surface area contributed by atoms with Crippen molar-refractivity contribution >= 4 is 38.6 Å². The maximum atomic E-state index is 2.80. The number of para-hydroxylation sites is 3. The summed E-state index contributed by atoms with van der Waals surface area (Å²) in [6.07, 6.45) is 11.4. The van der Waals surface area contributed by atoms with Gasteiger partial charge in [0.05, 0.1) is 17.1 Å². The number of allylic oxidation sites excluding steroid dienone is 2. The predicted octanol–water partition coefficient (Wildman–Crippen LogP) is 12.2. The van der Waals surface area contributed by atoms with Crippen molar-refractivity contribution in [2.45, 2.75) is 50.1 Å². The average molecular weight is 645 g/mol. The Morgan fingerprint density at radius 3 is 1.92 bits per heavy atom. The first-order chi connectivity index (χ1) is 24.8. The van der Waals surface area contributed by atoms with Crippen LogP contribution in [-0.4, -0.2) is 16.7 Å². The lowest BCUT2D eigenvalue weighted by Crippen LogP contribution is -2.43. The summed E-state index contributed by atoms with van der Waals surface area (Å²) in [7, 11) is 0. The number of hydrogen-bond acceptors (Lipinski definition) is 1. The molecule has 1 aliphatic heterocycles. The first kappa shape index (κ1) is 29.3. The number of anilines is 1. The maximum Gasteiger partial charge on any atom is 0.0541 e. The number of hydrogen-bond donors (Lipinski definition) is 0. The van der Waals surface area contributed by atoms with Crippen LogP contribution in [0.1, 0.15) is 54.7 Å². The van der Waals surface area contributed by atoms with Gasteiger partial charge < -0.3 is 9.47 Å². The van der Waals surface area contributed by atoms with Crippen LogP contribution in [-0.2, 0) is 0 Å². The molecular formula is C48H40N2. The third-order valence-electron chi connectivity index (χ3n) is 11.6. The molecule has 0 radical (unpaired) electrons. The Labute approximate surface area is 294 Å². The smallest absolute Gasteiger partial charge is 0.0541 e. The van der Waals surface area contributed by atoms with E-state index in [1.807, 2.05) is 0 Å². The maximum absolute atomic E-state index is 2.80. The van der Waals surface area contributed by atoms with Gasteiger partial charge in [-0.1, -0.05) is 146 Å². The quantitative estimate of drug-likeness (QED) is 0.181. The van der Waals surface area contributed by atoms with Crippen molar-refractivity contribution in [3.63, 3.8) is 0 Å². The Hall–Kier alpha value is -5.60. The summed E-state index contributed by atoms with van der Waals surface area (Å²) < 4.78 is 2.44. The second kappa shape index (κ2) is 12.1. The van der Waals surface area contributed by atoms with Crippen molar-refractivity contribution in [3.8, 4) is 16.8 Å². The Morgan fingerprint density at radius 1 is 0.520 bits per heavy atom. The van der Waals surface area contributed by atoms with E-state index < -0.39 is 0 Å². The Morgan fingerprint density at radius 2 is 1.16 bits per heavy atom. The molecule has 3 atom stereocenters. The first-order valence-electron chi connectivity index (χ1n) is 18.4. The minimum absolute atomic E-state index is 0.320. The number of fused-ring (bicyclic) bond motifs is 6. The van der Waals surface area contributed by atoms with Crippen molar-refractivity contribution in [2.75, 3.05) is 4.90 Å². The molecule has 2 heteroatoms. The van der Waals surface area contributed by atoms with Gasteiger partial charge in [-0.25, -0.2) is 0 Å². The van der Waals surface area contributed by atoms with Gasteiger partial charge in [-0.3, -0.25) is 0 Å². The zero-order valence-electron chi connectivity index (χ0n) is 28.3. The Bertz CT molecular complexity index is 2380. The van der Waals surface area contributed by atoms with E-state index in [1.54, 1.807) is 5.56 Å². The van der Waals surface area contributed by atoms with Crippen LogP contribution in [0.4, 0.5) is 5.69 Å². The molecule has 0 amide bonds. The molecule has 50 heavy (non-hydrogen) atoms. The SMILES string of the molecule is C1=C(c2ccccc2)C(c2ccc(-n3c4ccccc4c4ccccc43)cc2-c2ccccc2)=CCC1N1c2ccccc2[C@@H]2CCCCC21. The topological polar surface area (TPSA) is 8.17 Å². The van der Waals surface area contributed by atoms with Gasteiger partial charge in [0.1, 0.15) is 0 Å². The van der Waals surface area contributed by atoms with Crippen LogP contribution in [0.3, 0.4) is 0 Å². The second-order valence-corrected chi connectivity index (χ2v) is 14.3. The Kier molecular flexibility index (Phi) is 7.08. The van der Waals surface area contributed by atoms with E-state index in [-0.39, 0.29) is 0 Å². The van der Waals surface area contributed by atoms with Crippen LogP contribution in [0.15, 0.2) is 164 Å². The van der Waals surface area contributed by atoms with E-state index in [1.165, 1.54) is 92.3 Å². The van der Waals surface area contributed by atoms with Gasteiger partial charge in [-0.15, -0.1) is 0 Å². The standard InChI is InChI=1S/C48H40N2/c1-3-15-33(16-4-1)43-31-35(49-45-23-11-7-19-39(45)40-20-8-12-24-46(40)49)27-29-37(43)38-30-28-36(32-44(38)34-17-5-2-6-18-34)50-47-25-13-9-21-41(47)42-22-10-14-26-48(42)50/h1-9,11-13,15-21,23-25,27,29-32,36,42,48H,10,14,22,26,28H2/t36?,42-,48?/m0/s1. The molecule has 2 heterocycles. The van der Waals surface area contributed by atoms with E-state index >= 15 is 0 Å². The van der Waals surface area contributed by atoms with E-state index in [4.69, 9.17) is 0 Å². The third-order valence-corrected chi connectivity index (χ3v) is 11.6. The molecule has 10 rings (SSSR count). The fourth-order valence-electron chi connectivity index (χ4n) is 9.43. The summed E-state index contributed by atoms with van der Waals surface area (Å²) in [5, 5.41) is 2.57. The molecule has 6 aromatic carbocycles. The normalized spacial score (nSPS) is 20.0. The third kappa shape index (κ3) is 4.70. The Balaban J connectivity index is 1.14. The van der Waals surface area contributed by atoms with Crippen LogP contribution in [0, 0.1) is 0 Å². The minimum Gasteiger partial charge on any atom is -0.361 e. The van der Waals surface area contributed by atoms with Crippen molar-refractivity contribution in [1.82, 2.24) is 4.57 Å². The summed E-state index contributed by atoms with van der Waals surface area (Å²) in [5.74, 6) is 0.650. The molecule has 1 saturated carbocycles. The average Bonchev–Trinajstić information content (AvgIpc) is 3.71. The fraction of sp³-hybridized carbons (Fsp3) is 0.167. The number of benzene rings is 6. The highest BCUT2D eigenvalue weighted by molar-refractivity contribution is 6.11. The van der Waals surface area contributed by atoms with Crippen molar-refractivity contribution in [2.24, 2.45) is 0 Å². The van der Waals surface area contributed by atoms with Crippen LogP contribution in [0.2, 0.25) is 0 Å². The highest BCUT2D eigenvalue weighted by Crippen LogP contribution is 2.51. The lowest BCUT2D eigenvalue weighted by molar-refractivity contribution is 0.376. The van der Waals surface area contributed by atoms with Gasteiger partial charge in [-0.2, -0.15) is 0 Å². The molecule has 0 spiro atoms. The lowest BCUT2D eigenvalue weighted by atomic mass is 9.80. The van der Waals surface area contributed by atoms with Crippen molar-refractivity contribution < 1.29 is 0 Å². The highest BCUT2D eigenvalue weighted by atomic mass is 15.2. The first-order valence-corrected chi connectivity index (χ1v) is 18.4. The monoisotopic (exact) mass is 644 g/mol. The number of nitrogens with zero attached hydrogens (tertiary/aromatic N) is 2. The van der Waals surface area contributed by atoms with Crippen molar-refractivity contribution in [3.05, 3.63) is 181 Å². The minimum atomic E-state index is 0.320. The number of aromatic nitrogens is 1. The second-order valence-electron chi connectivity index (χ2n) is 14.3. The summed E-state index contributed by atoms with van der Waals surface area (Å²) >= 11 is 0. The van der Waals surface area contributed by atoms with Gasteiger partial charge in [0, 0.05) is 34.1 Å². The summed E-state index contributed by atoms with van der Waals surface area (Å²) in [6, 6.07) is 56.9. The van der Waals surface area contributed by atoms with Crippen LogP contribution >= 0.6 is 0 Å². The molecular weight excluding hydrogens is 605 g/mol. The van der Waals surface area contributed by atoms with E-state index in [0.29, 0.717) is 18.0 Å². The van der Waals surface area contributed by atoms with Gasteiger partial charge in [0.25, 0.3) is 0 Å². The van der Waals surface area contributed by atoms with Crippen LogP contribution in [0.25, 0.3) is 49.8 Å². The summed E-state index contributed by atoms with van der Waals surface area (Å²) in [4.78, 5) is 2.80. The largest absolute Gasteiger partial charge is 0.361 e. The van der Waals surface area contributed by atoms with Crippen LogP contribution in [0.5, 0.6) is 0 Å². The van der Waals surface area contributed by atoms with E-state index in [0.717, 1.165) is 6.42 Å². The number of rotatable bonds is 5.